The fourth-order valence-electron chi connectivity index (χ4n) is 1.60. The van der Waals surface area contributed by atoms with Crippen LogP contribution in [0.5, 0.6) is 5.88 Å². The SMILES string of the molecule is COc1nc(-c2cccc(F)c2)sc1C(=O)COC(C)=O. The average molecular weight is 309 g/mol. The van der Waals surface area contributed by atoms with Crippen molar-refractivity contribution < 1.29 is 23.5 Å². The van der Waals surface area contributed by atoms with E-state index in [0.29, 0.717) is 10.6 Å². The van der Waals surface area contributed by atoms with Crippen LogP contribution >= 0.6 is 11.3 Å². The Balaban J connectivity index is 2.31. The molecule has 0 radical (unpaired) electrons. The van der Waals surface area contributed by atoms with Crippen LogP contribution in [0.25, 0.3) is 10.6 Å². The van der Waals surface area contributed by atoms with Gasteiger partial charge in [-0.05, 0) is 12.1 Å². The highest BCUT2D eigenvalue weighted by atomic mass is 32.1. The number of rotatable bonds is 5. The number of ketones is 1. The molecule has 2 aromatic rings. The average Bonchev–Trinajstić information content (AvgIpc) is 2.89. The van der Waals surface area contributed by atoms with Crippen molar-refractivity contribution in [2.75, 3.05) is 13.7 Å². The van der Waals surface area contributed by atoms with Crippen molar-refractivity contribution >= 4 is 23.1 Å². The lowest BCUT2D eigenvalue weighted by Crippen LogP contribution is -2.11. The summed E-state index contributed by atoms with van der Waals surface area (Å²) in [6.45, 7) is 0.839. The number of hydrogen-bond donors (Lipinski definition) is 0. The molecular weight excluding hydrogens is 297 g/mol. The normalized spacial score (nSPS) is 10.2. The number of halogens is 1. The van der Waals surface area contributed by atoms with Gasteiger partial charge in [-0.2, -0.15) is 0 Å². The molecule has 0 aliphatic rings. The Labute approximate surface area is 124 Å². The number of esters is 1. The summed E-state index contributed by atoms with van der Waals surface area (Å²) < 4.78 is 22.9. The van der Waals surface area contributed by atoms with E-state index >= 15 is 0 Å². The van der Waals surface area contributed by atoms with Crippen molar-refractivity contribution in [3.8, 4) is 16.5 Å². The van der Waals surface area contributed by atoms with Crippen LogP contribution < -0.4 is 4.74 Å². The lowest BCUT2D eigenvalue weighted by Gasteiger charge is -2.00. The maximum absolute atomic E-state index is 13.2. The van der Waals surface area contributed by atoms with Gasteiger partial charge in [0.15, 0.2) is 6.61 Å². The van der Waals surface area contributed by atoms with Crippen LogP contribution in [-0.2, 0) is 9.53 Å². The van der Waals surface area contributed by atoms with Gasteiger partial charge in [-0.3, -0.25) is 9.59 Å². The van der Waals surface area contributed by atoms with Crippen molar-refractivity contribution in [1.82, 2.24) is 4.98 Å². The number of aromatic nitrogens is 1. The maximum Gasteiger partial charge on any atom is 0.303 e. The first-order valence-electron chi connectivity index (χ1n) is 5.98. The fraction of sp³-hybridized carbons (Fsp3) is 0.214. The number of carbonyl (C=O) groups excluding carboxylic acids is 2. The molecule has 0 fully saturated rings. The van der Waals surface area contributed by atoms with Gasteiger partial charge in [-0.1, -0.05) is 12.1 Å². The van der Waals surface area contributed by atoms with E-state index in [4.69, 9.17) is 4.74 Å². The number of nitrogens with zero attached hydrogens (tertiary/aromatic N) is 1. The third kappa shape index (κ3) is 3.63. The summed E-state index contributed by atoms with van der Waals surface area (Å²) in [5, 5.41) is 0.456. The minimum absolute atomic E-state index is 0.136. The number of ether oxygens (including phenoxy) is 2. The summed E-state index contributed by atoms with van der Waals surface area (Å²) in [6.07, 6.45) is 0. The predicted molar refractivity (Wildman–Crippen MR) is 75.0 cm³/mol. The lowest BCUT2D eigenvalue weighted by molar-refractivity contribution is -0.139. The first-order valence-corrected chi connectivity index (χ1v) is 6.80. The van der Waals surface area contributed by atoms with Crippen molar-refractivity contribution in [2.45, 2.75) is 6.92 Å². The summed E-state index contributed by atoms with van der Waals surface area (Å²) in [5.41, 5.74) is 0.546. The first-order chi connectivity index (χ1) is 10.0. The molecule has 21 heavy (non-hydrogen) atoms. The fourth-order valence-corrected chi connectivity index (χ4v) is 2.55. The Bertz CT molecular complexity index is 683. The molecular formula is C14H12FNO4S. The molecule has 1 heterocycles. The first kappa shape index (κ1) is 15.1. The van der Waals surface area contributed by atoms with Crippen LogP contribution in [-0.4, -0.2) is 30.5 Å². The largest absolute Gasteiger partial charge is 0.480 e. The Morgan fingerprint density at radius 2 is 2.14 bits per heavy atom. The van der Waals surface area contributed by atoms with Crippen LogP contribution in [0.1, 0.15) is 16.6 Å². The minimum Gasteiger partial charge on any atom is -0.480 e. The van der Waals surface area contributed by atoms with Crippen LogP contribution in [0.15, 0.2) is 24.3 Å². The van der Waals surface area contributed by atoms with E-state index in [9.17, 15) is 14.0 Å². The van der Waals surface area contributed by atoms with Crippen molar-refractivity contribution in [2.24, 2.45) is 0 Å². The van der Waals surface area contributed by atoms with Gasteiger partial charge in [0.05, 0.1) is 7.11 Å². The molecule has 0 atom stereocenters. The predicted octanol–water partition coefficient (Wildman–Crippen LogP) is 2.70. The molecule has 0 bridgehead atoms. The number of thiazole rings is 1. The summed E-state index contributed by atoms with van der Waals surface area (Å²) in [5.74, 6) is -1.22. The highest BCUT2D eigenvalue weighted by Crippen LogP contribution is 2.33. The number of Topliss-reactive ketones (excluding diaryl/α,β-unsaturated/α-hetero) is 1. The van der Waals surface area contributed by atoms with Crippen LogP contribution in [0.3, 0.4) is 0 Å². The standard InChI is InChI=1S/C14H12FNO4S/c1-8(17)20-7-11(18)12-13(19-2)16-14(21-12)9-4-3-5-10(15)6-9/h3-6H,7H2,1-2H3. The number of hydrogen-bond acceptors (Lipinski definition) is 6. The van der Waals surface area contributed by atoms with E-state index < -0.39 is 17.6 Å². The molecule has 0 amide bonds. The summed E-state index contributed by atoms with van der Waals surface area (Å²) >= 11 is 1.06. The molecule has 2 rings (SSSR count). The number of methoxy groups -OCH3 is 1. The summed E-state index contributed by atoms with van der Waals surface area (Å²) in [7, 11) is 1.38. The molecule has 5 nitrogen and oxygen atoms in total. The Kier molecular flexibility index (Phi) is 4.64. The highest BCUT2D eigenvalue weighted by Gasteiger charge is 2.20. The van der Waals surface area contributed by atoms with Crippen LogP contribution in [0, 0.1) is 5.82 Å². The van der Waals surface area contributed by atoms with Crippen molar-refractivity contribution in [1.29, 1.82) is 0 Å². The molecule has 0 unspecified atom stereocenters. The number of carbonyl (C=O) groups is 2. The molecule has 110 valence electrons. The van der Waals surface area contributed by atoms with E-state index in [0.717, 1.165) is 11.3 Å². The molecule has 0 saturated heterocycles. The minimum atomic E-state index is -0.544. The topological polar surface area (TPSA) is 65.5 Å². The third-order valence-corrected chi connectivity index (χ3v) is 3.65. The molecule has 0 saturated carbocycles. The second-order valence-electron chi connectivity index (χ2n) is 4.07. The molecule has 0 spiro atoms. The molecule has 1 aromatic carbocycles. The van der Waals surface area contributed by atoms with Crippen LogP contribution in [0.4, 0.5) is 4.39 Å². The molecule has 0 aliphatic heterocycles. The Hall–Kier alpha value is -2.28. The highest BCUT2D eigenvalue weighted by molar-refractivity contribution is 7.17. The summed E-state index contributed by atoms with van der Waals surface area (Å²) in [4.78, 5) is 27.1. The van der Waals surface area contributed by atoms with Gasteiger partial charge in [-0.25, -0.2) is 9.37 Å². The zero-order chi connectivity index (χ0) is 15.4. The zero-order valence-electron chi connectivity index (χ0n) is 11.4. The van der Waals surface area contributed by atoms with E-state index in [1.807, 2.05) is 0 Å². The second kappa shape index (κ2) is 6.45. The molecule has 0 N–H and O–H groups in total. The van der Waals surface area contributed by atoms with Gasteiger partial charge < -0.3 is 9.47 Å². The zero-order valence-corrected chi connectivity index (χ0v) is 12.2. The molecule has 7 heteroatoms. The second-order valence-corrected chi connectivity index (χ2v) is 5.07. The van der Waals surface area contributed by atoms with E-state index in [-0.39, 0.29) is 17.4 Å². The van der Waals surface area contributed by atoms with Gasteiger partial charge in [0, 0.05) is 12.5 Å². The number of benzene rings is 1. The lowest BCUT2D eigenvalue weighted by atomic mass is 10.2. The van der Waals surface area contributed by atoms with Gasteiger partial charge in [-0.15, -0.1) is 11.3 Å². The van der Waals surface area contributed by atoms with Gasteiger partial charge in [0.1, 0.15) is 15.7 Å². The van der Waals surface area contributed by atoms with Crippen molar-refractivity contribution in [3.05, 3.63) is 35.0 Å². The van der Waals surface area contributed by atoms with Crippen LogP contribution in [0.2, 0.25) is 0 Å². The van der Waals surface area contributed by atoms with Gasteiger partial charge >= 0.3 is 5.97 Å². The Morgan fingerprint density at radius 1 is 1.38 bits per heavy atom. The molecule has 0 aliphatic carbocycles. The van der Waals surface area contributed by atoms with Crippen molar-refractivity contribution in [3.63, 3.8) is 0 Å². The third-order valence-electron chi connectivity index (χ3n) is 2.52. The summed E-state index contributed by atoms with van der Waals surface area (Å²) in [6, 6.07) is 5.88. The van der Waals surface area contributed by atoms with Gasteiger partial charge in [0.25, 0.3) is 0 Å². The maximum atomic E-state index is 13.2. The Morgan fingerprint density at radius 3 is 2.76 bits per heavy atom. The van der Waals surface area contributed by atoms with E-state index in [1.165, 1.54) is 26.2 Å². The van der Waals surface area contributed by atoms with E-state index in [1.54, 1.807) is 12.1 Å². The van der Waals surface area contributed by atoms with E-state index in [2.05, 4.69) is 9.72 Å². The smallest absolute Gasteiger partial charge is 0.303 e. The monoisotopic (exact) mass is 309 g/mol. The molecule has 1 aromatic heterocycles. The quantitative estimate of drug-likeness (QED) is 0.627. The van der Waals surface area contributed by atoms with Gasteiger partial charge in [0.2, 0.25) is 11.7 Å².